The Morgan fingerprint density at radius 2 is 2.21 bits per heavy atom. The quantitative estimate of drug-likeness (QED) is 0.728. The van der Waals surface area contributed by atoms with E-state index in [1.54, 1.807) is 30.7 Å². The molecule has 3 rings (SSSR count). The van der Waals surface area contributed by atoms with Gasteiger partial charge in [0, 0.05) is 28.0 Å². The molecule has 2 unspecified atom stereocenters. The molecule has 0 radical (unpaired) electrons. The minimum absolute atomic E-state index is 0.00572. The van der Waals surface area contributed by atoms with Gasteiger partial charge < -0.3 is 9.67 Å². The van der Waals surface area contributed by atoms with Crippen LogP contribution in [0.1, 0.15) is 37.9 Å². The van der Waals surface area contributed by atoms with E-state index in [9.17, 15) is 5.11 Å². The minimum Gasteiger partial charge on any atom is -0.382 e. The zero-order valence-corrected chi connectivity index (χ0v) is 15.0. The lowest BCUT2D eigenvalue weighted by atomic mass is 9.77. The lowest BCUT2D eigenvalue weighted by Crippen LogP contribution is -2.18. The van der Waals surface area contributed by atoms with Crippen molar-refractivity contribution in [1.29, 1.82) is 0 Å². The molecular formula is C19H20Cl2N2O. The minimum atomic E-state index is -0.855. The fraction of sp³-hybridized carbons (Fsp3) is 0.316. The SMILES string of the molecule is CC1(/C=C(/C(O)c2ccc(Cl)cc2Cl)n2ccnc2)CC=CCC1. The van der Waals surface area contributed by atoms with Crippen molar-refractivity contribution in [1.82, 2.24) is 9.55 Å². The highest BCUT2D eigenvalue weighted by atomic mass is 35.5. The van der Waals surface area contributed by atoms with Gasteiger partial charge in [-0.25, -0.2) is 4.98 Å². The van der Waals surface area contributed by atoms with E-state index in [-0.39, 0.29) is 5.41 Å². The Morgan fingerprint density at radius 1 is 1.38 bits per heavy atom. The van der Waals surface area contributed by atoms with E-state index in [2.05, 4.69) is 30.1 Å². The zero-order valence-electron chi connectivity index (χ0n) is 13.5. The molecule has 0 amide bonds. The highest BCUT2D eigenvalue weighted by Gasteiger charge is 2.26. The Hall–Kier alpha value is -1.55. The second-order valence-electron chi connectivity index (χ2n) is 6.48. The van der Waals surface area contributed by atoms with Crippen molar-refractivity contribution in [2.45, 2.75) is 32.3 Å². The lowest BCUT2D eigenvalue weighted by Gasteiger charge is -2.30. The zero-order chi connectivity index (χ0) is 17.2. The number of allylic oxidation sites excluding steroid dienone is 3. The maximum atomic E-state index is 11.0. The molecular weight excluding hydrogens is 343 g/mol. The van der Waals surface area contributed by atoms with E-state index in [0.717, 1.165) is 25.0 Å². The Kier molecular flexibility index (Phi) is 5.14. The summed E-state index contributed by atoms with van der Waals surface area (Å²) in [5, 5.41) is 12.0. The van der Waals surface area contributed by atoms with Gasteiger partial charge in [0.1, 0.15) is 6.10 Å². The van der Waals surface area contributed by atoms with E-state index in [4.69, 9.17) is 23.2 Å². The van der Waals surface area contributed by atoms with Gasteiger partial charge in [-0.15, -0.1) is 0 Å². The van der Waals surface area contributed by atoms with Crippen molar-refractivity contribution >= 4 is 28.9 Å². The van der Waals surface area contributed by atoms with Gasteiger partial charge in [0.15, 0.2) is 0 Å². The van der Waals surface area contributed by atoms with Gasteiger partial charge in [0.05, 0.1) is 12.0 Å². The molecule has 1 N–H and O–H groups in total. The van der Waals surface area contributed by atoms with Crippen LogP contribution in [0.4, 0.5) is 0 Å². The summed E-state index contributed by atoms with van der Waals surface area (Å²) in [6.07, 6.45) is 14.0. The third kappa shape index (κ3) is 3.75. The number of hydrogen-bond acceptors (Lipinski definition) is 2. The number of aliphatic hydroxyl groups is 1. The molecule has 0 aliphatic heterocycles. The van der Waals surface area contributed by atoms with Crippen LogP contribution in [0.15, 0.2) is 55.1 Å². The summed E-state index contributed by atoms with van der Waals surface area (Å²) in [4.78, 5) is 4.11. The fourth-order valence-electron chi connectivity index (χ4n) is 3.06. The monoisotopic (exact) mass is 362 g/mol. The van der Waals surface area contributed by atoms with Crippen molar-refractivity contribution in [3.8, 4) is 0 Å². The van der Waals surface area contributed by atoms with Crippen LogP contribution in [0.2, 0.25) is 10.0 Å². The van der Waals surface area contributed by atoms with E-state index in [1.165, 1.54) is 0 Å². The number of benzene rings is 1. The lowest BCUT2D eigenvalue weighted by molar-refractivity contribution is 0.229. The van der Waals surface area contributed by atoms with E-state index < -0.39 is 6.10 Å². The van der Waals surface area contributed by atoms with Crippen LogP contribution >= 0.6 is 23.2 Å². The second kappa shape index (κ2) is 7.14. The van der Waals surface area contributed by atoms with Crippen LogP contribution in [0, 0.1) is 5.41 Å². The number of imidazole rings is 1. The first-order valence-electron chi connectivity index (χ1n) is 7.98. The van der Waals surface area contributed by atoms with Gasteiger partial charge in [-0.05, 0) is 36.8 Å². The van der Waals surface area contributed by atoms with Crippen LogP contribution in [0.3, 0.4) is 0 Å². The average molecular weight is 363 g/mol. The number of aromatic nitrogens is 2. The number of hydrogen-bond donors (Lipinski definition) is 1. The molecule has 0 fully saturated rings. The fourth-order valence-corrected chi connectivity index (χ4v) is 3.57. The summed E-state index contributed by atoms with van der Waals surface area (Å²) in [5.41, 5.74) is 1.39. The van der Waals surface area contributed by atoms with E-state index >= 15 is 0 Å². The highest BCUT2D eigenvalue weighted by molar-refractivity contribution is 6.35. The van der Waals surface area contributed by atoms with Crippen LogP contribution in [-0.4, -0.2) is 14.7 Å². The second-order valence-corrected chi connectivity index (χ2v) is 7.32. The molecule has 0 spiro atoms. The molecule has 1 heterocycles. The van der Waals surface area contributed by atoms with Crippen molar-refractivity contribution in [2.75, 3.05) is 0 Å². The van der Waals surface area contributed by atoms with Crippen molar-refractivity contribution in [3.63, 3.8) is 0 Å². The summed E-state index contributed by atoms with van der Waals surface area (Å²) in [6.45, 7) is 2.21. The molecule has 3 nitrogen and oxygen atoms in total. The highest BCUT2D eigenvalue weighted by Crippen LogP contribution is 2.39. The largest absolute Gasteiger partial charge is 0.382 e. The predicted octanol–water partition coefficient (Wildman–Crippen LogP) is 5.51. The summed E-state index contributed by atoms with van der Waals surface area (Å²) in [6, 6.07) is 5.16. The van der Waals surface area contributed by atoms with Crippen LogP contribution in [0.25, 0.3) is 5.70 Å². The van der Waals surface area contributed by atoms with Gasteiger partial charge in [-0.2, -0.15) is 0 Å². The average Bonchev–Trinajstić information content (AvgIpc) is 3.07. The number of aliphatic hydroxyl groups excluding tert-OH is 1. The first-order valence-corrected chi connectivity index (χ1v) is 8.73. The summed E-state index contributed by atoms with van der Waals surface area (Å²) >= 11 is 12.3. The Morgan fingerprint density at radius 3 is 2.83 bits per heavy atom. The smallest absolute Gasteiger partial charge is 0.120 e. The van der Waals surface area contributed by atoms with Crippen molar-refractivity contribution < 1.29 is 5.11 Å². The molecule has 24 heavy (non-hydrogen) atoms. The molecule has 1 aliphatic rings. The topological polar surface area (TPSA) is 38.0 Å². The third-order valence-electron chi connectivity index (χ3n) is 4.47. The third-order valence-corrected chi connectivity index (χ3v) is 5.03. The van der Waals surface area contributed by atoms with Gasteiger partial charge in [-0.3, -0.25) is 0 Å². The number of halogens is 2. The number of rotatable bonds is 4. The molecule has 2 aromatic rings. The molecule has 1 aliphatic carbocycles. The molecule has 1 aromatic heterocycles. The van der Waals surface area contributed by atoms with Gasteiger partial charge in [-0.1, -0.05) is 54.4 Å². The normalized spacial score (nSPS) is 22.6. The first-order chi connectivity index (χ1) is 11.5. The number of nitrogens with zero attached hydrogens (tertiary/aromatic N) is 2. The Bertz CT molecular complexity index is 768. The molecule has 0 saturated heterocycles. The predicted molar refractivity (Wildman–Crippen MR) is 99.0 cm³/mol. The van der Waals surface area contributed by atoms with Crippen LogP contribution < -0.4 is 0 Å². The maximum Gasteiger partial charge on any atom is 0.120 e. The molecule has 1 aromatic carbocycles. The van der Waals surface area contributed by atoms with Crippen molar-refractivity contribution in [2.24, 2.45) is 5.41 Å². The van der Waals surface area contributed by atoms with E-state index in [0.29, 0.717) is 15.6 Å². The molecule has 2 atom stereocenters. The summed E-state index contributed by atoms with van der Waals surface area (Å²) < 4.78 is 1.85. The van der Waals surface area contributed by atoms with Crippen molar-refractivity contribution in [3.05, 3.63) is 70.8 Å². The molecule has 5 heteroatoms. The Balaban J connectivity index is 2.03. The Labute approximate surface area is 152 Å². The standard InChI is InChI=1S/C19H20Cl2N2O/c1-19(7-3-2-4-8-19)12-17(23-10-9-22-13-23)18(24)15-6-5-14(20)11-16(15)21/h2-3,5-6,9-13,18,24H,4,7-8H2,1H3/b17-12-. The van der Waals surface area contributed by atoms with Crippen LogP contribution in [-0.2, 0) is 0 Å². The van der Waals surface area contributed by atoms with Gasteiger partial charge in [0.2, 0.25) is 0 Å². The molecule has 0 saturated carbocycles. The first kappa shape index (κ1) is 17.3. The van der Waals surface area contributed by atoms with Gasteiger partial charge >= 0.3 is 0 Å². The summed E-state index contributed by atoms with van der Waals surface area (Å²) in [5.74, 6) is 0. The maximum absolute atomic E-state index is 11.0. The summed E-state index contributed by atoms with van der Waals surface area (Å²) in [7, 11) is 0. The van der Waals surface area contributed by atoms with Crippen LogP contribution in [0.5, 0.6) is 0 Å². The van der Waals surface area contributed by atoms with Gasteiger partial charge in [0.25, 0.3) is 0 Å². The molecule has 0 bridgehead atoms. The molecule has 126 valence electrons. The van der Waals surface area contributed by atoms with E-state index in [1.807, 2.05) is 10.8 Å².